The number of hydrogen-bond acceptors (Lipinski definition) is 6. The van der Waals surface area contributed by atoms with Gasteiger partial charge < -0.3 is 20.5 Å². The van der Waals surface area contributed by atoms with Crippen molar-refractivity contribution in [2.45, 2.75) is 19.3 Å². The van der Waals surface area contributed by atoms with Crippen molar-refractivity contribution in [1.82, 2.24) is 9.97 Å². The molecule has 3 N–H and O–H groups in total. The first kappa shape index (κ1) is 21.8. The number of aromatic nitrogens is 2. The van der Waals surface area contributed by atoms with Gasteiger partial charge in [-0.2, -0.15) is 4.98 Å². The number of nitrogens with zero attached hydrogens (tertiary/aromatic N) is 2. The van der Waals surface area contributed by atoms with Gasteiger partial charge in [-0.25, -0.2) is 4.98 Å². The molecule has 6 nitrogen and oxygen atoms in total. The van der Waals surface area contributed by atoms with E-state index in [1.807, 2.05) is 24.3 Å². The molecule has 10 heteroatoms. The zero-order valence-corrected chi connectivity index (χ0v) is 17.3. The Bertz CT molecular complexity index is 1020. The molecule has 0 aliphatic heterocycles. The van der Waals surface area contributed by atoms with Crippen molar-refractivity contribution in [3.63, 3.8) is 0 Å². The molecular weight excluding hydrogens is 465 g/mol. The van der Waals surface area contributed by atoms with E-state index in [1.165, 1.54) is 18.2 Å². The van der Waals surface area contributed by atoms with Crippen molar-refractivity contribution in [1.29, 1.82) is 0 Å². The number of halogens is 4. The summed E-state index contributed by atoms with van der Waals surface area (Å²) in [4.78, 5) is 8.75. The van der Waals surface area contributed by atoms with E-state index in [0.29, 0.717) is 17.1 Å². The second-order valence-corrected chi connectivity index (χ2v) is 7.32. The highest BCUT2D eigenvalue weighted by atomic mass is 79.9. The van der Waals surface area contributed by atoms with Gasteiger partial charge in [0.25, 0.3) is 0 Å². The van der Waals surface area contributed by atoms with Crippen LogP contribution in [0.2, 0.25) is 0 Å². The molecule has 0 aliphatic rings. The molecule has 3 rings (SSSR count). The maximum Gasteiger partial charge on any atom is 0.573 e. The van der Waals surface area contributed by atoms with Crippen LogP contribution in [0.5, 0.6) is 5.75 Å². The molecule has 0 bridgehead atoms. The number of benzene rings is 2. The van der Waals surface area contributed by atoms with Gasteiger partial charge in [0.05, 0.1) is 12.3 Å². The molecule has 1 aromatic heterocycles. The van der Waals surface area contributed by atoms with Crippen molar-refractivity contribution in [2.75, 3.05) is 17.2 Å². The van der Waals surface area contributed by atoms with Gasteiger partial charge in [-0.15, -0.1) is 13.2 Å². The smallest absolute Gasteiger partial charge is 0.406 e. The predicted molar refractivity (Wildman–Crippen MR) is 112 cm³/mol. The monoisotopic (exact) mass is 482 g/mol. The summed E-state index contributed by atoms with van der Waals surface area (Å²) in [6, 6.07) is 14.2. The van der Waals surface area contributed by atoms with Crippen LogP contribution in [0.15, 0.2) is 59.1 Å². The Morgan fingerprint density at radius 1 is 1.10 bits per heavy atom. The van der Waals surface area contributed by atoms with Gasteiger partial charge in [0, 0.05) is 27.8 Å². The summed E-state index contributed by atoms with van der Waals surface area (Å²) in [5, 5.41) is 15.4. The summed E-state index contributed by atoms with van der Waals surface area (Å²) < 4.78 is 42.6. The molecule has 0 fully saturated rings. The Morgan fingerprint density at radius 3 is 2.57 bits per heavy atom. The van der Waals surface area contributed by atoms with Crippen LogP contribution in [-0.2, 0) is 0 Å². The van der Waals surface area contributed by atoms with E-state index < -0.39 is 6.36 Å². The molecule has 2 aromatic carbocycles. The van der Waals surface area contributed by atoms with Crippen LogP contribution in [0.4, 0.5) is 30.6 Å². The van der Waals surface area contributed by atoms with E-state index in [9.17, 15) is 18.3 Å². The van der Waals surface area contributed by atoms with E-state index >= 15 is 0 Å². The first-order valence-corrected chi connectivity index (χ1v) is 9.66. The Morgan fingerprint density at radius 2 is 1.87 bits per heavy atom. The van der Waals surface area contributed by atoms with Crippen molar-refractivity contribution in [3.05, 3.63) is 59.1 Å². The fourth-order valence-corrected chi connectivity index (χ4v) is 2.96. The lowest BCUT2D eigenvalue weighted by Gasteiger charge is -2.15. The minimum Gasteiger partial charge on any atom is -0.406 e. The van der Waals surface area contributed by atoms with Gasteiger partial charge >= 0.3 is 6.36 Å². The summed E-state index contributed by atoms with van der Waals surface area (Å²) in [5.41, 5.74) is 1.54. The summed E-state index contributed by atoms with van der Waals surface area (Å²) in [7, 11) is 0. The first-order valence-electron chi connectivity index (χ1n) is 8.87. The normalized spacial score (nSPS) is 12.3. The highest BCUT2D eigenvalue weighted by Crippen LogP contribution is 2.29. The Labute approximate surface area is 179 Å². The lowest BCUT2D eigenvalue weighted by atomic mass is 10.1. The third-order valence-corrected chi connectivity index (χ3v) is 4.33. The summed E-state index contributed by atoms with van der Waals surface area (Å²) >= 11 is 3.40. The maximum atomic E-state index is 12.6. The summed E-state index contributed by atoms with van der Waals surface area (Å²) in [6.45, 7) is 1.60. The lowest BCUT2D eigenvalue weighted by Crippen LogP contribution is -2.21. The predicted octanol–water partition coefficient (Wildman–Crippen LogP) is 5.34. The average Bonchev–Trinajstić information content (AvgIpc) is 2.66. The van der Waals surface area contributed by atoms with Crippen molar-refractivity contribution in [2.24, 2.45) is 0 Å². The minimum absolute atomic E-state index is 0.142. The van der Waals surface area contributed by atoms with Crippen LogP contribution >= 0.6 is 15.9 Å². The first-order chi connectivity index (χ1) is 14.2. The number of anilines is 3. The van der Waals surface area contributed by atoms with Crippen LogP contribution < -0.4 is 15.4 Å². The SMILES string of the molecule is C[C@H](CO)Nc1nc(Nc2cccc(Br)c2)cc(-c2cccc(OC(F)(F)F)c2)n1. The van der Waals surface area contributed by atoms with Crippen LogP contribution in [-0.4, -0.2) is 34.1 Å². The third kappa shape index (κ3) is 6.33. The quantitative estimate of drug-likeness (QED) is 0.421. The molecule has 0 aliphatic carbocycles. The maximum absolute atomic E-state index is 12.6. The Kier molecular flexibility index (Phi) is 6.78. The molecule has 158 valence electrons. The molecule has 0 saturated carbocycles. The zero-order chi connectivity index (χ0) is 21.7. The number of nitrogens with one attached hydrogen (secondary N) is 2. The standard InChI is InChI=1S/C20H18BrF3N4O2/c1-12(11-29)25-19-27-17(13-4-2-7-16(8-13)30-20(22,23)24)10-18(28-19)26-15-6-3-5-14(21)9-15/h2-10,12,29H,11H2,1H3,(H2,25,26,27,28)/t12-/m1/s1. The van der Waals surface area contributed by atoms with Crippen LogP contribution in [0.3, 0.4) is 0 Å². The Balaban J connectivity index is 1.98. The van der Waals surface area contributed by atoms with E-state index in [2.05, 4.69) is 41.3 Å². The van der Waals surface area contributed by atoms with Gasteiger partial charge in [0.2, 0.25) is 5.95 Å². The molecule has 1 atom stereocenters. The van der Waals surface area contributed by atoms with Crippen LogP contribution in [0.25, 0.3) is 11.3 Å². The third-order valence-electron chi connectivity index (χ3n) is 3.84. The minimum atomic E-state index is -4.79. The molecular formula is C20H18BrF3N4O2. The molecule has 0 saturated heterocycles. The summed E-state index contributed by atoms with van der Waals surface area (Å²) in [6.07, 6.45) is -4.79. The molecule has 3 aromatic rings. The van der Waals surface area contributed by atoms with E-state index in [4.69, 9.17) is 0 Å². The van der Waals surface area contributed by atoms with E-state index in [0.717, 1.165) is 10.2 Å². The molecule has 0 radical (unpaired) electrons. The number of alkyl halides is 3. The van der Waals surface area contributed by atoms with Crippen molar-refractivity contribution >= 4 is 33.4 Å². The lowest BCUT2D eigenvalue weighted by molar-refractivity contribution is -0.274. The summed E-state index contributed by atoms with van der Waals surface area (Å²) in [5.74, 6) is 0.292. The van der Waals surface area contributed by atoms with Gasteiger partial charge in [-0.3, -0.25) is 0 Å². The molecule has 1 heterocycles. The van der Waals surface area contributed by atoms with E-state index in [-0.39, 0.29) is 24.3 Å². The number of ether oxygens (including phenoxy) is 1. The van der Waals surface area contributed by atoms with Gasteiger partial charge in [0.15, 0.2) is 0 Å². The zero-order valence-electron chi connectivity index (χ0n) is 15.7. The van der Waals surface area contributed by atoms with Crippen molar-refractivity contribution < 1.29 is 23.0 Å². The molecule has 30 heavy (non-hydrogen) atoms. The number of aliphatic hydroxyl groups is 1. The second-order valence-electron chi connectivity index (χ2n) is 6.40. The Hall–Kier alpha value is -2.85. The average molecular weight is 483 g/mol. The largest absolute Gasteiger partial charge is 0.573 e. The van der Waals surface area contributed by atoms with Gasteiger partial charge in [-0.05, 0) is 37.3 Å². The van der Waals surface area contributed by atoms with E-state index in [1.54, 1.807) is 19.1 Å². The fraction of sp³-hybridized carbons (Fsp3) is 0.200. The molecule has 0 amide bonds. The highest BCUT2D eigenvalue weighted by Gasteiger charge is 2.31. The van der Waals surface area contributed by atoms with Gasteiger partial charge in [-0.1, -0.05) is 34.1 Å². The number of rotatable bonds is 7. The van der Waals surface area contributed by atoms with Crippen LogP contribution in [0.1, 0.15) is 6.92 Å². The highest BCUT2D eigenvalue weighted by molar-refractivity contribution is 9.10. The number of aliphatic hydroxyl groups excluding tert-OH is 1. The topological polar surface area (TPSA) is 79.3 Å². The molecule has 0 unspecified atom stereocenters. The number of hydrogen-bond donors (Lipinski definition) is 3. The second kappa shape index (κ2) is 9.31. The van der Waals surface area contributed by atoms with Gasteiger partial charge in [0.1, 0.15) is 11.6 Å². The molecule has 0 spiro atoms. The van der Waals surface area contributed by atoms with Crippen molar-refractivity contribution in [3.8, 4) is 17.0 Å². The van der Waals surface area contributed by atoms with Crippen LogP contribution in [0, 0.1) is 0 Å². The fourth-order valence-electron chi connectivity index (χ4n) is 2.56.